The molecule has 2 rings (SSSR count). The molecule has 0 aromatic carbocycles. The van der Waals surface area contributed by atoms with Crippen molar-refractivity contribution >= 4 is 40.8 Å². The third-order valence-electron chi connectivity index (χ3n) is 4.23. The van der Waals surface area contributed by atoms with Gasteiger partial charge in [0.05, 0.1) is 17.1 Å². The summed E-state index contributed by atoms with van der Waals surface area (Å²) in [6, 6.07) is 0. The Morgan fingerprint density at radius 2 is 1.77 bits per heavy atom. The number of rotatable bonds is 6. The molecule has 2 fully saturated rings. The summed E-state index contributed by atoms with van der Waals surface area (Å²) >= 11 is 17.6. The molecule has 9 nitrogen and oxygen atoms in total. The summed E-state index contributed by atoms with van der Waals surface area (Å²) in [5.74, 6) is -3.09. The number of carbonyl (C=O) groups is 1. The van der Waals surface area contributed by atoms with Crippen molar-refractivity contribution in [2.75, 3.05) is 18.4 Å². The lowest BCUT2D eigenvalue weighted by Crippen LogP contribution is -2.61. The number of hydrogen-bond donors (Lipinski definition) is 4. The van der Waals surface area contributed by atoms with E-state index >= 15 is 0 Å². The predicted octanol–water partition coefficient (Wildman–Crippen LogP) is -1.09. The number of alkyl halides is 3. The van der Waals surface area contributed by atoms with Gasteiger partial charge < -0.3 is 39.4 Å². The Morgan fingerprint density at radius 3 is 2.27 bits per heavy atom. The number of halogens is 3. The van der Waals surface area contributed by atoms with Gasteiger partial charge in [0.25, 0.3) is 0 Å². The Bertz CT molecular complexity index is 498. The topological polar surface area (TPSA) is 135 Å². The molecule has 0 spiro atoms. The molecule has 2 aliphatic rings. The van der Waals surface area contributed by atoms with Gasteiger partial charge in [-0.3, -0.25) is 4.79 Å². The minimum atomic E-state index is -1.93. The van der Waals surface area contributed by atoms with E-state index < -0.39 is 65.9 Å². The zero-order valence-electron chi connectivity index (χ0n) is 13.7. The first-order valence-corrected chi connectivity index (χ1v) is 9.30. The highest BCUT2D eigenvalue weighted by molar-refractivity contribution is 6.21. The van der Waals surface area contributed by atoms with E-state index in [2.05, 4.69) is 0 Å². The second kappa shape index (κ2) is 9.04. The van der Waals surface area contributed by atoms with Crippen molar-refractivity contribution in [2.24, 2.45) is 0 Å². The molecule has 0 aliphatic carbocycles. The van der Waals surface area contributed by atoms with Gasteiger partial charge in [-0.2, -0.15) is 0 Å². The third kappa shape index (κ3) is 4.38. The quantitative estimate of drug-likeness (QED) is 0.301. The standard InChI is InChI=1S/C14H21Cl3O9/c1-5(18)23-3-7-8(17)10(20)11(21)13(24-7)26-14(4-16)12(22)9(19)6(2-15)25-14/h6-13,19-22H,2-4H2,1H3/t6-,7-,8-,9-,10+,11-,12+,13-,14+/m1/s1. The average Bonchev–Trinajstić information content (AvgIpc) is 2.86. The molecule has 4 N–H and O–H groups in total. The lowest BCUT2D eigenvalue weighted by Gasteiger charge is -2.43. The van der Waals surface area contributed by atoms with Crippen molar-refractivity contribution in [3.05, 3.63) is 0 Å². The first kappa shape index (κ1) is 22.4. The summed E-state index contributed by atoms with van der Waals surface area (Å²) in [4.78, 5) is 11.0. The molecule has 0 bridgehead atoms. The van der Waals surface area contributed by atoms with Crippen LogP contribution in [0.15, 0.2) is 0 Å². The fraction of sp³-hybridized carbons (Fsp3) is 0.929. The van der Waals surface area contributed by atoms with Crippen molar-refractivity contribution in [2.45, 2.75) is 61.0 Å². The minimum absolute atomic E-state index is 0.143. The molecule has 12 heteroatoms. The Hall–Kier alpha value is 0.0600. The van der Waals surface area contributed by atoms with E-state index in [9.17, 15) is 25.2 Å². The summed E-state index contributed by atoms with van der Waals surface area (Å²) in [5.41, 5.74) is 0. The number of aliphatic hydroxyl groups excluding tert-OH is 4. The van der Waals surface area contributed by atoms with Crippen LogP contribution in [0.4, 0.5) is 0 Å². The molecule has 0 saturated carbocycles. The number of ether oxygens (including phenoxy) is 4. The zero-order chi connectivity index (χ0) is 19.6. The molecule has 2 aliphatic heterocycles. The fourth-order valence-electron chi connectivity index (χ4n) is 2.74. The van der Waals surface area contributed by atoms with Gasteiger partial charge in [-0.05, 0) is 0 Å². The van der Waals surface area contributed by atoms with Crippen LogP contribution in [0.3, 0.4) is 0 Å². The highest BCUT2D eigenvalue weighted by atomic mass is 35.5. The number of hydrogen-bond acceptors (Lipinski definition) is 9. The third-order valence-corrected chi connectivity index (χ3v) is 5.45. The predicted molar refractivity (Wildman–Crippen MR) is 89.1 cm³/mol. The van der Waals surface area contributed by atoms with Gasteiger partial charge in [-0.15, -0.1) is 34.8 Å². The van der Waals surface area contributed by atoms with Crippen molar-refractivity contribution in [1.82, 2.24) is 0 Å². The highest BCUT2D eigenvalue weighted by Crippen LogP contribution is 2.38. The van der Waals surface area contributed by atoms with Gasteiger partial charge in [0.15, 0.2) is 6.29 Å². The molecular weight excluding hydrogens is 419 g/mol. The maximum Gasteiger partial charge on any atom is 0.302 e. The number of esters is 1. The van der Waals surface area contributed by atoms with Crippen LogP contribution in [0.25, 0.3) is 0 Å². The van der Waals surface area contributed by atoms with E-state index in [1.807, 2.05) is 0 Å². The molecular formula is C14H21Cl3O9. The van der Waals surface area contributed by atoms with Gasteiger partial charge in [-0.25, -0.2) is 0 Å². The van der Waals surface area contributed by atoms with Gasteiger partial charge in [0.2, 0.25) is 5.79 Å². The molecule has 2 heterocycles. The van der Waals surface area contributed by atoms with Crippen LogP contribution in [-0.2, 0) is 23.7 Å². The van der Waals surface area contributed by atoms with Gasteiger partial charge in [0, 0.05) is 6.92 Å². The fourth-order valence-corrected chi connectivity index (χ4v) is 3.55. The summed E-state index contributed by atoms with van der Waals surface area (Å²) in [6.45, 7) is 0.890. The maximum absolute atomic E-state index is 11.0. The van der Waals surface area contributed by atoms with Crippen molar-refractivity contribution in [1.29, 1.82) is 0 Å². The molecule has 152 valence electrons. The Labute approximate surface area is 164 Å². The number of aliphatic hydroxyl groups is 4. The molecule has 9 atom stereocenters. The minimum Gasteiger partial charge on any atom is -0.463 e. The van der Waals surface area contributed by atoms with Crippen LogP contribution in [0.5, 0.6) is 0 Å². The summed E-state index contributed by atoms with van der Waals surface area (Å²) < 4.78 is 21.2. The van der Waals surface area contributed by atoms with Crippen LogP contribution in [0.2, 0.25) is 0 Å². The van der Waals surface area contributed by atoms with Crippen LogP contribution in [0, 0.1) is 0 Å². The lowest BCUT2D eigenvalue weighted by molar-refractivity contribution is -0.357. The average molecular weight is 440 g/mol. The van der Waals surface area contributed by atoms with E-state index in [0.717, 1.165) is 0 Å². The monoisotopic (exact) mass is 438 g/mol. The second-order valence-corrected chi connectivity index (χ2v) is 7.16. The van der Waals surface area contributed by atoms with Gasteiger partial charge in [-0.1, -0.05) is 0 Å². The van der Waals surface area contributed by atoms with Crippen molar-refractivity contribution in [3.63, 3.8) is 0 Å². The Balaban J connectivity index is 2.16. The van der Waals surface area contributed by atoms with E-state index in [-0.39, 0.29) is 12.5 Å². The van der Waals surface area contributed by atoms with E-state index in [1.54, 1.807) is 0 Å². The van der Waals surface area contributed by atoms with Crippen LogP contribution >= 0.6 is 34.8 Å². The van der Waals surface area contributed by atoms with Crippen molar-refractivity contribution in [3.8, 4) is 0 Å². The van der Waals surface area contributed by atoms with Gasteiger partial charge in [0.1, 0.15) is 43.2 Å². The summed E-state index contributed by atoms with van der Waals surface area (Å²) in [7, 11) is 0. The molecule has 0 aromatic rings. The lowest BCUT2D eigenvalue weighted by atomic mass is 10.0. The van der Waals surface area contributed by atoms with Gasteiger partial charge >= 0.3 is 5.97 Å². The van der Waals surface area contributed by atoms with E-state index in [0.29, 0.717) is 0 Å². The number of carbonyl (C=O) groups excluding carboxylic acids is 1. The summed E-state index contributed by atoms with van der Waals surface area (Å²) in [6.07, 6.45) is -9.58. The normalized spacial score (nSPS) is 46.3. The van der Waals surface area contributed by atoms with E-state index in [4.69, 9.17) is 53.8 Å². The largest absolute Gasteiger partial charge is 0.463 e. The molecule has 0 aromatic heterocycles. The molecule has 0 unspecified atom stereocenters. The second-order valence-electron chi connectivity index (χ2n) is 6.08. The highest BCUT2D eigenvalue weighted by Gasteiger charge is 2.58. The molecule has 0 amide bonds. The molecule has 0 radical (unpaired) electrons. The smallest absolute Gasteiger partial charge is 0.302 e. The van der Waals surface area contributed by atoms with Crippen LogP contribution < -0.4 is 0 Å². The first-order chi connectivity index (χ1) is 12.2. The SMILES string of the molecule is CC(=O)OC[C@H]1O[C@H](O[C@]2(CCl)O[C@H](CCl)[C@@H](O)[C@@H]2O)[C@H](O)[C@@H](O)[C@@H]1Cl. The van der Waals surface area contributed by atoms with Crippen LogP contribution in [0.1, 0.15) is 6.92 Å². The molecule has 26 heavy (non-hydrogen) atoms. The van der Waals surface area contributed by atoms with Crippen molar-refractivity contribution < 1.29 is 44.2 Å². The van der Waals surface area contributed by atoms with Crippen LogP contribution in [-0.4, -0.2) is 98.8 Å². The Kier molecular flexibility index (Phi) is 7.77. The maximum atomic E-state index is 11.0. The Morgan fingerprint density at radius 1 is 1.12 bits per heavy atom. The first-order valence-electron chi connectivity index (χ1n) is 7.79. The molecule has 2 saturated heterocycles. The zero-order valence-corrected chi connectivity index (χ0v) is 16.0. The van der Waals surface area contributed by atoms with E-state index in [1.165, 1.54) is 6.92 Å². The summed E-state index contributed by atoms with van der Waals surface area (Å²) in [5, 5.41) is 39.4.